The number of esters is 1. The topological polar surface area (TPSA) is 46.5 Å². The van der Waals surface area contributed by atoms with Crippen molar-refractivity contribution in [2.75, 3.05) is 0 Å². The van der Waals surface area contributed by atoms with Gasteiger partial charge < -0.3 is 9.84 Å². The molecule has 0 aromatic carbocycles. The van der Waals surface area contributed by atoms with Gasteiger partial charge in [-0.25, -0.2) is 4.79 Å². The first-order valence-electron chi connectivity index (χ1n) is 6.31. The Labute approximate surface area is 109 Å². The fourth-order valence-electron chi connectivity index (χ4n) is 1.78. The number of hydrogen-bond donors (Lipinski definition) is 1. The fraction of sp³-hybridized carbons (Fsp3) is 0.533. The maximum Gasteiger partial charge on any atom is 0.338 e. The summed E-state index contributed by atoms with van der Waals surface area (Å²) in [5.74, 6) is -0.332. The summed E-state index contributed by atoms with van der Waals surface area (Å²) in [6.45, 7) is 7.82. The standard InChI is InChI=1S/C15H22O3/c1-10(2)6-5-7-11(3)8-9-13-14(16)12(4)15(17)18-13/h6,8,13,16H,5,7,9H2,1-4H3/b11-8+. The van der Waals surface area contributed by atoms with E-state index in [2.05, 4.69) is 26.8 Å². The van der Waals surface area contributed by atoms with Crippen molar-refractivity contribution in [2.24, 2.45) is 0 Å². The molecule has 3 heteroatoms. The molecule has 1 aliphatic heterocycles. The summed E-state index contributed by atoms with van der Waals surface area (Å²) in [4.78, 5) is 11.2. The van der Waals surface area contributed by atoms with Crippen molar-refractivity contribution in [3.63, 3.8) is 0 Å². The van der Waals surface area contributed by atoms with Crippen molar-refractivity contribution in [1.82, 2.24) is 0 Å². The Morgan fingerprint density at radius 1 is 1.33 bits per heavy atom. The third-order valence-corrected chi connectivity index (χ3v) is 3.02. The van der Waals surface area contributed by atoms with E-state index in [1.807, 2.05) is 6.08 Å². The quantitative estimate of drug-likeness (QED) is 0.596. The van der Waals surface area contributed by atoms with Crippen molar-refractivity contribution in [3.8, 4) is 0 Å². The molecule has 1 aliphatic rings. The van der Waals surface area contributed by atoms with Crippen molar-refractivity contribution in [1.29, 1.82) is 0 Å². The SMILES string of the molecule is CC(C)=CCC/C(C)=C/CC1OC(=O)C(C)=C1O. The number of aliphatic hydroxyl groups excluding tert-OH is 1. The minimum absolute atomic E-state index is 0.0772. The molecule has 0 saturated heterocycles. The average molecular weight is 250 g/mol. The highest BCUT2D eigenvalue weighted by atomic mass is 16.6. The van der Waals surface area contributed by atoms with E-state index in [1.54, 1.807) is 6.92 Å². The zero-order valence-electron chi connectivity index (χ0n) is 11.6. The van der Waals surface area contributed by atoms with Gasteiger partial charge in [0.25, 0.3) is 0 Å². The van der Waals surface area contributed by atoms with E-state index >= 15 is 0 Å². The van der Waals surface area contributed by atoms with Crippen molar-refractivity contribution in [2.45, 2.75) is 53.1 Å². The minimum Gasteiger partial charge on any atom is -0.508 e. The second kappa shape index (κ2) is 6.43. The molecular weight excluding hydrogens is 228 g/mol. The molecule has 100 valence electrons. The van der Waals surface area contributed by atoms with E-state index in [-0.39, 0.29) is 5.76 Å². The lowest BCUT2D eigenvalue weighted by Gasteiger charge is -2.08. The molecule has 0 spiro atoms. The molecule has 0 radical (unpaired) electrons. The summed E-state index contributed by atoms with van der Waals surface area (Å²) in [7, 11) is 0. The predicted molar refractivity (Wildman–Crippen MR) is 72.2 cm³/mol. The van der Waals surface area contributed by atoms with Crippen LogP contribution in [0.3, 0.4) is 0 Å². The van der Waals surface area contributed by atoms with Gasteiger partial charge in [0, 0.05) is 6.42 Å². The zero-order valence-corrected chi connectivity index (χ0v) is 11.6. The van der Waals surface area contributed by atoms with E-state index < -0.39 is 12.1 Å². The smallest absolute Gasteiger partial charge is 0.338 e. The van der Waals surface area contributed by atoms with Gasteiger partial charge in [-0.05, 0) is 40.5 Å². The van der Waals surface area contributed by atoms with Crippen LogP contribution in [0.1, 0.15) is 47.0 Å². The number of aliphatic hydroxyl groups is 1. The number of carbonyl (C=O) groups is 1. The Kier molecular flexibility index (Phi) is 5.20. The lowest BCUT2D eigenvalue weighted by Crippen LogP contribution is -2.10. The first kappa shape index (κ1) is 14.6. The van der Waals surface area contributed by atoms with Crippen LogP contribution in [-0.2, 0) is 9.53 Å². The van der Waals surface area contributed by atoms with Gasteiger partial charge >= 0.3 is 5.97 Å². The molecular formula is C15H22O3. The molecule has 1 N–H and O–H groups in total. The second-order valence-corrected chi connectivity index (χ2v) is 5.01. The van der Waals surface area contributed by atoms with E-state index in [9.17, 15) is 9.90 Å². The second-order valence-electron chi connectivity index (χ2n) is 5.01. The van der Waals surface area contributed by atoms with Gasteiger partial charge in [-0.1, -0.05) is 23.3 Å². The molecule has 0 aliphatic carbocycles. The van der Waals surface area contributed by atoms with Gasteiger partial charge in [0.1, 0.15) is 5.76 Å². The van der Waals surface area contributed by atoms with Crippen LogP contribution in [-0.4, -0.2) is 17.2 Å². The molecule has 3 nitrogen and oxygen atoms in total. The van der Waals surface area contributed by atoms with E-state index in [1.165, 1.54) is 11.1 Å². The van der Waals surface area contributed by atoms with Gasteiger partial charge in [-0.3, -0.25) is 0 Å². The number of carbonyl (C=O) groups excluding carboxylic acids is 1. The van der Waals surface area contributed by atoms with E-state index in [4.69, 9.17) is 4.74 Å². The summed E-state index contributed by atoms with van der Waals surface area (Å²) in [6, 6.07) is 0. The molecule has 0 saturated carbocycles. The van der Waals surface area contributed by atoms with Crippen molar-refractivity contribution in [3.05, 3.63) is 34.6 Å². The van der Waals surface area contributed by atoms with Gasteiger partial charge in [0.05, 0.1) is 5.57 Å². The van der Waals surface area contributed by atoms with Crippen LogP contribution >= 0.6 is 0 Å². The lowest BCUT2D eigenvalue weighted by atomic mass is 10.1. The molecule has 0 aromatic heterocycles. The van der Waals surface area contributed by atoms with Gasteiger partial charge in [0.2, 0.25) is 0 Å². The molecule has 1 heterocycles. The molecule has 0 bridgehead atoms. The van der Waals surface area contributed by atoms with Gasteiger partial charge in [-0.15, -0.1) is 0 Å². The van der Waals surface area contributed by atoms with Crippen LogP contribution in [0.15, 0.2) is 34.6 Å². The summed E-state index contributed by atoms with van der Waals surface area (Å²) in [5.41, 5.74) is 2.90. The minimum atomic E-state index is -0.490. The van der Waals surface area contributed by atoms with Crippen molar-refractivity contribution < 1.29 is 14.6 Å². The van der Waals surface area contributed by atoms with Crippen LogP contribution in [0.4, 0.5) is 0 Å². The molecule has 0 aromatic rings. The summed E-state index contributed by atoms with van der Waals surface area (Å²) in [6.07, 6.45) is 6.32. The highest BCUT2D eigenvalue weighted by molar-refractivity contribution is 5.91. The van der Waals surface area contributed by atoms with Gasteiger partial charge in [0.15, 0.2) is 6.10 Å². The Bertz CT molecular complexity index is 409. The molecule has 0 fully saturated rings. The number of cyclic esters (lactones) is 1. The normalized spacial score (nSPS) is 20.1. The Balaban J connectivity index is 2.45. The van der Waals surface area contributed by atoms with Crippen LogP contribution in [0.25, 0.3) is 0 Å². The monoisotopic (exact) mass is 250 g/mol. The lowest BCUT2D eigenvalue weighted by molar-refractivity contribution is -0.140. The summed E-state index contributed by atoms with van der Waals surface area (Å²) in [5, 5.41) is 9.68. The summed E-state index contributed by atoms with van der Waals surface area (Å²) < 4.78 is 5.06. The third-order valence-electron chi connectivity index (χ3n) is 3.02. The first-order chi connectivity index (χ1) is 8.41. The van der Waals surface area contributed by atoms with Crippen LogP contribution in [0.5, 0.6) is 0 Å². The maximum absolute atomic E-state index is 11.2. The van der Waals surface area contributed by atoms with E-state index in [0.29, 0.717) is 12.0 Å². The molecule has 0 amide bonds. The van der Waals surface area contributed by atoms with Crippen LogP contribution in [0.2, 0.25) is 0 Å². The number of allylic oxidation sites excluding steroid dienone is 3. The Hall–Kier alpha value is -1.51. The average Bonchev–Trinajstić information content (AvgIpc) is 2.54. The number of hydrogen-bond acceptors (Lipinski definition) is 3. The summed E-state index contributed by atoms with van der Waals surface area (Å²) >= 11 is 0. The molecule has 1 rings (SSSR count). The number of ether oxygens (including phenoxy) is 1. The highest BCUT2D eigenvalue weighted by Crippen LogP contribution is 2.23. The van der Waals surface area contributed by atoms with Crippen molar-refractivity contribution >= 4 is 5.97 Å². The van der Waals surface area contributed by atoms with Crippen LogP contribution < -0.4 is 0 Å². The Morgan fingerprint density at radius 2 is 2.00 bits per heavy atom. The third kappa shape index (κ3) is 4.06. The largest absolute Gasteiger partial charge is 0.508 e. The van der Waals surface area contributed by atoms with Crippen LogP contribution in [0, 0.1) is 0 Å². The zero-order chi connectivity index (χ0) is 13.7. The number of rotatable bonds is 5. The highest BCUT2D eigenvalue weighted by Gasteiger charge is 2.30. The molecule has 1 unspecified atom stereocenters. The fourth-order valence-corrected chi connectivity index (χ4v) is 1.78. The molecule has 18 heavy (non-hydrogen) atoms. The maximum atomic E-state index is 11.2. The van der Waals surface area contributed by atoms with Gasteiger partial charge in [-0.2, -0.15) is 0 Å². The first-order valence-corrected chi connectivity index (χ1v) is 6.31. The Morgan fingerprint density at radius 3 is 2.50 bits per heavy atom. The molecule has 1 atom stereocenters. The predicted octanol–water partition coefficient (Wildman–Crippen LogP) is 3.83. The van der Waals surface area contributed by atoms with E-state index in [0.717, 1.165) is 12.8 Å².